The number of non-ortho nitro benzene ring substituents is 1. The zero-order chi connectivity index (χ0) is 23.2. The van der Waals surface area contributed by atoms with Gasteiger partial charge in [-0.15, -0.1) is 0 Å². The van der Waals surface area contributed by atoms with Crippen molar-refractivity contribution >= 4 is 34.6 Å². The molecule has 4 aromatic rings. The van der Waals surface area contributed by atoms with Crippen molar-refractivity contribution in [3.8, 4) is 11.3 Å². The van der Waals surface area contributed by atoms with Crippen LogP contribution >= 0.6 is 11.6 Å². The highest BCUT2D eigenvalue weighted by molar-refractivity contribution is 6.41. The van der Waals surface area contributed by atoms with Crippen molar-refractivity contribution < 1.29 is 14.4 Å². The van der Waals surface area contributed by atoms with Gasteiger partial charge >= 0.3 is 5.84 Å². The van der Waals surface area contributed by atoms with E-state index in [1.54, 1.807) is 42.6 Å². The van der Waals surface area contributed by atoms with Crippen LogP contribution in [0.1, 0.15) is 10.4 Å². The summed E-state index contributed by atoms with van der Waals surface area (Å²) in [4.78, 5) is 23.8. The maximum atomic E-state index is 13.3. The summed E-state index contributed by atoms with van der Waals surface area (Å²) in [5, 5.41) is 20.4. The minimum Gasteiger partial charge on any atom is -0.280 e. The zero-order valence-corrected chi connectivity index (χ0v) is 17.9. The number of nitrogens with one attached hydrogen (secondary N) is 1. The van der Waals surface area contributed by atoms with Gasteiger partial charge in [-0.3, -0.25) is 14.9 Å². The highest BCUT2D eigenvalue weighted by Crippen LogP contribution is 2.18. The first-order valence-electron chi connectivity index (χ1n) is 9.84. The van der Waals surface area contributed by atoms with Gasteiger partial charge in [0.05, 0.1) is 15.7 Å². The molecule has 0 radical (unpaired) electrons. The minimum atomic E-state index is -0.522. The van der Waals surface area contributed by atoms with Crippen LogP contribution < -0.4 is 10.1 Å². The van der Waals surface area contributed by atoms with Crippen molar-refractivity contribution in [2.45, 2.75) is 0 Å². The fourth-order valence-corrected chi connectivity index (χ4v) is 3.12. The van der Waals surface area contributed by atoms with Gasteiger partial charge in [0.25, 0.3) is 11.5 Å². The third-order valence-electron chi connectivity index (χ3n) is 4.66. The summed E-state index contributed by atoms with van der Waals surface area (Å²) in [6.07, 6.45) is 1.61. The van der Waals surface area contributed by atoms with Gasteiger partial charge in [0.1, 0.15) is 11.9 Å². The molecule has 0 atom stereocenters. The van der Waals surface area contributed by atoms with Crippen LogP contribution in [-0.4, -0.2) is 21.6 Å². The lowest BCUT2D eigenvalue weighted by Crippen LogP contribution is -2.51. The van der Waals surface area contributed by atoms with Crippen LogP contribution in [0.15, 0.2) is 102 Å². The van der Waals surface area contributed by atoms with E-state index in [-0.39, 0.29) is 17.1 Å². The number of Topliss-reactive ketones (excluding diaryl/α,β-unsaturated/α-hetero) is 1. The summed E-state index contributed by atoms with van der Waals surface area (Å²) < 4.78 is 1.36. The number of halogens is 1. The predicted molar refractivity (Wildman–Crippen MR) is 125 cm³/mol. The lowest BCUT2D eigenvalue weighted by molar-refractivity contribution is -0.618. The first-order chi connectivity index (χ1) is 16.0. The van der Waals surface area contributed by atoms with E-state index in [4.69, 9.17) is 11.6 Å². The highest BCUT2D eigenvalue weighted by Gasteiger charge is 2.28. The van der Waals surface area contributed by atoms with Gasteiger partial charge in [-0.2, -0.15) is 5.43 Å². The van der Waals surface area contributed by atoms with E-state index in [0.29, 0.717) is 16.4 Å². The molecule has 3 aromatic carbocycles. The molecule has 0 bridgehead atoms. The largest absolute Gasteiger partial charge is 0.421 e. The quantitative estimate of drug-likeness (QED) is 0.112. The van der Waals surface area contributed by atoms with Crippen molar-refractivity contribution in [2.24, 2.45) is 5.10 Å². The fraction of sp³-hybridized carbons (Fsp3) is 0. The Hall–Kier alpha value is -4.43. The average Bonchev–Trinajstić information content (AvgIpc) is 2.85. The second-order valence-corrected chi connectivity index (χ2v) is 7.33. The SMILES string of the molecule is O=C(C(=NNc1ccccc1)[n+]1cccc(-c2ccc(Cl)cc2)n1)c1ccc([N+](=O)[O-])cc1. The van der Waals surface area contributed by atoms with E-state index >= 15 is 0 Å². The number of para-hydroxylation sites is 1. The molecule has 0 aliphatic heterocycles. The maximum absolute atomic E-state index is 13.3. The van der Waals surface area contributed by atoms with E-state index in [9.17, 15) is 14.9 Å². The number of ketones is 1. The molecule has 1 N–H and O–H groups in total. The smallest absolute Gasteiger partial charge is 0.280 e. The standard InChI is InChI=1S/C24H16ClN5O3/c25-19-12-8-17(9-13-19)22-7-4-16-29(28-22)24(27-26-20-5-2-1-3-6-20)23(31)18-10-14-21(15-11-18)30(32)33/h1-16H/p+1. The van der Waals surface area contributed by atoms with E-state index < -0.39 is 10.7 Å². The molecule has 162 valence electrons. The Balaban J connectivity index is 1.74. The monoisotopic (exact) mass is 458 g/mol. The van der Waals surface area contributed by atoms with Crippen LogP contribution in [0.2, 0.25) is 5.02 Å². The minimum absolute atomic E-state index is 0.0106. The summed E-state index contributed by atoms with van der Waals surface area (Å²) >= 11 is 5.98. The predicted octanol–water partition coefficient (Wildman–Crippen LogP) is 4.75. The maximum Gasteiger partial charge on any atom is 0.421 e. The number of nitro groups is 1. The molecular formula is C24H17ClN5O3+. The van der Waals surface area contributed by atoms with E-state index in [0.717, 1.165) is 5.56 Å². The number of aromatic nitrogens is 2. The van der Waals surface area contributed by atoms with E-state index in [1.807, 2.05) is 30.3 Å². The molecule has 0 spiro atoms. The van der Waals surface area contributed by atoms with Gasteiger partial charge < -0.3 is 0 Å². The van der Waals surface area contributed by atoms with Crippen molar-refractivity contribution in [3.05, 3.63) is 118 Å². The molecule has 0 saturated carbocycles. The fourth-order valence-electron chi connectivity index (χ4n) is 2.99. The van der Waals surface area contributed by atoms with Gasteiger partial charge in [0.15, 0.2) is 0 Å². The molecule has 0 amide bonds. The molecular weight excluding hydrogens is 442 g/mol. The summed E-state index contributed by atoms with van der Waals surface area (Å²) in [6, 6.07) is 25.2. The normalized spacial score (nSPS) is 11.1. The number of anilines is 1. The number of hydrogen-bond donors (Lipinski definition) is 1. The van der Waals surface area contributed by atoms with Gasteiger partial charge in [-0.25, -0.2) is 0 Å². The van der Waals surface area contributed by atoms with Crippen LogP contribution in [-0.2, 0) is 0 Å². The Morgan fingerprint density at radius 3 is 2.30 bits per heavy atom. The van der Waals surface area contributed by atoms with Gasteiger partial charge in [-0.05, 0) is 48.5 Å². The van der Waals surface area contributed by atoms with Crippen LogP contribution in [0.4, 0.5) is 11.4 Å². The van der Waals surface area contributed by atoms with Crippen LogP contribution in [0, 0.1) is 10.1 Å². The summed E-state index contributed by atoms with van der Waals surface area (Å²) in [7, 11) is 0. The van der Waals surface area contributed by atoms with Crippen LogP contribution in [0.25, 0.3) is 11.3 Å². The Kier molecular flexibility index (Phi) is 6.47. The number of hydrogen-bond acceptors (Lipinski definition) is 6. The molecule has 33 heavy (non-hydrogen) atoms. The van der Waals surface area contributed by atoms with E-state index in [1.165, 1.54) is 28.9 Å². The lowest BCUT2D eigenvalue weighted by atomic mass is 10.1. The average molecular weight is 459 g/mol. The van der Waals surface area contributed by atoms with Crippen molar-refractivity contribution in [3.63, 3.8) is 0 Å². The molecule has 0 aliphatic rings. The molecule has 9 heteroatoms. The molecule has 1 aromatic heterocycles. The first-order valence-corrected chi connectivity index (χ1v) is 10.2. The Bertz CT molecular complexity index is 1320. The lowest BCUT2D eigenvalue weighted by Gasteiger charge is -2.04. The number of nitrogens with zero attached hydrogens (tertiary/aromatic N) is 4. The number of carbonyl (C=O) groups is 1. The molecule has 0 unspecified atom stereocenters. The van der Waals surface area contributed by atoms with Crippen molar-refractivity contribution in [1.29, 1.82) is 0 Å². The summed E-state index contributed by atoms with van der Waals surface area (Å²) in [5.74, 6) is -0.470. The third-order valence-corrected chi connectivity index (χ3v) is 4.91. The molecule has 4 rings (SSSR count). The van der Waals surface area contributed by atoms with Gasteiger partial charge in [0.2, 0.25) is 0 Å². The molecule has 8 nitrogen and oxygen atoms in total. The third kappa shape index (κ3) is 5.25. The van der Waals surface area contributed by atoms with Gasteiger partial charge in [0, 0.05) is 28.3 Å². The number of carbonyl (C=O) groups excluding carboxylic acids is 1. The summed E-state index contributed by atoms with van der Waals surface area (Å²) in [6.45, 7) is 0. The molecule has 0 fully saturated rings. The second kappa shape index (κ2) is 9.80. The second-order valence-electron chi connectivity index (χ2n) is 6.89. The number of nitro benzene ring substituents is 1. The zero-order valence-electron chi connectivity index (χ0n) is 17.1. The van der Waals surface area contributed by atoms with Crippen LogP contribution in [0.5, 0.6) is 0 Å². The molecule has 0 aliphatic carbocycles. The highest BCUT2D eigenvalue weighted by atomic mass is 35.5. The van der Waals surface area contributed by atoms with Crippen molar-refractivity contribution in [2.75, 3.05) is 5.43 Å². The van der Waals surface area contributed by atoms with E-state index in [2.05, 4.69) is 15.6 Å². The van der Waals surface area contributed by atoms with Crippen LogP contribution in [0.3, 0.4) is 0 Å². The van der Waals surface area contributed by atoms with Crippen molar-refractivity contribution in [1.82, 2.24) is 5.10 Å². The molecule has 0 saturated heterocycles. The Morgan fingerprint density at radius 1 is 0.939 bits per heavy atom. The Morgan fingerprint density at radius 2 is 1.64 bits per heavy atom. The summed E-state index contributed by atoms with van der Waals surface area (Å²) in [5.41, 5.74) is 5.10. The molecule has 1 heterocycles. The van der Waals surface area contributed by atoms with Gasteiger partial charge in [-0.1, -0.05) is 51.7 Å². The number of hydrazone groups is 1. The number of rotatable bonds is 6. The number of benzene rings is 3. The topological polar surface area (TPSA) is 101 Å². The Labute approximate surface area is 193 Å². The first kappa shape index (κ1) is 21.8.